The second-order valence-corrected chi connectivity index (χ2v) is 7.18. The summed E-state index contributed by atoms with van der Waals surface area (Å²) >= 11 is 6.37. The standard InChI is InChI=1S/C14H24S2/c1-4-11(2)9-10-13-7-5-6-8-14(13)16-12(3)15/h6,8,11-12,15H,4-5,7,9-10H2,1-3H3. The highest BCUT2D eigenvalue weighted by molar-refractivity contribution is 8.13. The third-order valence-corrected chi connectivity index (χ3v) is 4.50. The van der Waals surface area contributed by atoms with Crippen molar-refractivity contribution in [1.29, 1.82) is 0 Å². The lowest BCUT2D eigenvalue weighted by Crippen LogP contribution is -1.99. The molecule has 0 fully saturated rings. The molecule has 0 amide bonds. The Morgan fingerprint density at radius 2 is 2.19 bits per heavy atom. The summed E-state index contributed by atoms with van der Waals surface area (Å²) in [6, 6.07) is 0. The Balaban J connectivity index is 2.56. The molecule has 0 saturated heterocycles. The summed E-state index contributed by atoms with van der Waals surface area (Å²) in [4.78, 5) is 1.48. The van der Waals surface area contributed by atoms with E-state index in [4.69, 9.17) is 0 Å². The summed E-state index contributed by atoms with van der Waals surface area (Å²) < 4.78 is 0.399. The van der Waals surface area contributed by atoms with E-state index >= 15 is 0 Å². The summed E-state index contributed by atoms with van der Waals surface area (Å²) in [5, 5.41) is 0. The second kappa shape index (κ2) is 7.50. The zero-order valence-electron chi connectivity index (χ0n) is 10.7. The van der Waals surface area contributed by atoms with Crippen LogP contribution in [-0.4, -0.2) is 4.58 Å². The van der Waals surface area contributed by atoms with Crippen LogP contribution in [0.1, 0.15) is 52.9 Å². The van der Waals surface area contributed by atoms with Gasteiger partial charge < -0.3 is 0 Å². The van der Waals surface area contributed by atoms with Crippen LogP contribution in [0.15, 0.2) is 22.6 Å². The molecule has 2 heteroatoms. The predicted octanol–water partition coefficient (Wildman–Crippen LogP) is 5.43. The molecule has 0 aromatic rings. The Hall–Kier alpha value is 0.180. The van der Waals surface area contributed by atoms with Crippen molar-refractivity contribution in [2.75, 3.05) is 0 Å². The first kappa shape index (κ1) is 14.2. The van der Waals surface area contributed by atoms with Gasteiger partial charge in [-0.15, -0.1) is 11.8 Å². The van der Waals surface area contributed by atoms with E-state index in [2.05, 4.69) is 45.6 Å². The van der Waals surface area contributed by atoms with Gasteiger partial charge in [0.05, 0.1) is 0 Å². The Labute approximate surface area is 110 Å². The van der Waals surface area contributed by atoms with Gasteiger partial charge in [-0.25, -0.2) is 0 Å². The van der Waals surface area contributed by atoms with Crippen molar-refractivity contribution in [2.45, 2.75) is 57.5 Å². The zero-order chi connectivity index (χ0) is 12.0. The average Bonchev–Trinajstić information content (AvgIpc) is 2.26. The van der Waals surface area contributed by atoms with Gasteiger partial charge in [0, 0.05) is 9.49 Å². The molecule has 2 unspecified atom stereocenters. The topological polar surface area (TPSA) is 0 Å². The van der Waals surface area contributed by atoms with Crippen molar-refractivity contribution in [3.05, 3.63) is 22.6 Å². The summed E-state index contributed by atoms with van der Waals surface area (Å²) in [5.41, 5.74) is 1.66. The molecule has 0 heterocycles. The van der Waals surface area contributed by atoms with Crippen LogP contribution >= 0.6 is 24.4 Å². The lowest BCUT2D eigenvalue weighted by Gasteiger charge is -2.18. The minimum atomic E-state index is 0.399. The molecule has 0 aliphatic heterocycles. The van der Waals surface area contributed by atoms with Gasteiger partial charge in [-0.3, -0.25) is 0 Å². The minimum Gasteiger partial charge on any atom is -0.165 e. The van der Waals surface area contributed by atoms with Crippen molar-refractivity contribution < 1.29 is 0 Å². The first-order valence-electron chi connectivity index (χ1n) is 6.36. The Bertz CT molecular complexity index is 264. The Morgan fingerprint density at radius 3 is 2.81 bits per heavy atom. The molecule has 0 saturated carbocycles. The summed E-state index contributed by atoms with van der Waals surface area (Å²) in [5.74, 6) is 0.859. The van der Waals surface area contributed by atoms with E-state index in [1.807, 2.05) is 11.8 Å². The maximum Gasteiger partial charge on any atom is 0.0491 e. The van der Waals surface area contributed by atoms with Gasteiger partial charge in [0.1, 0.15) is 0 Å². The minimum absolute atomic E-state index is 0.399. The van der Waals surface area contributed by atoms with Crippen LogP contribution < -0.4 is 0 Å². The maximum absolute atomic E-state index is 4.47. The van der Waals surface area contributed by atoms with Crippen LogP contribution in [0.4, 0.5) is 0 Å². The van der Waals surface area contributed by atoms with Gasteiger partial charge in [-0.05, 0) is 38.5 Å². The molecule has 0 radical (unpaired) electrons. The third-order valence-electron chi connectivity index (χ3n) is 3.16. The molecule has 0 nitrogen and oxygen atoms in total. The smallest absolute Gasteiger partial charge is 0.0491 e. The molecule has 0 aromatic carbocycles. The predicted molar refractivity (Wildman–Crippen MR) is 80.1 cm³/mol. The first-order chi connectivity index (χ1) is 7.63. The van der Waals surface area contributed by atoms with E-state index in [1.54, 1.807) is 5.57 Å². The number of thiol groups is 1. The fourth-order valence-electron chi connectivity index (χ4n) is 1.87. The SMILES string of the molecule is CCC(C)CCC1=C(SC(C)S)C=CCC1. The van der Waals surface area contributed by atoms with Gasteiger partial charge in [0.15, 0.2) is 0 Å². The molecule has 0 bridgehead atoms. The highest BCUT2D eigenvalue weighted by Crippen LogP contribution is 2.35. The first-order valence-corrected chi connectivity index (χ1v) is 7.76. The Kier molecular flexibility index (Phi) is 6.67. The van der Waals surface area contributed by atoms with Crippen molar-refractivity contribution in [3.8, 4) is 0 Å². The van der Waals surface area contributed by atoms with Crippen molar-refractivity contribution in [3.63, 3.8) is 0 Å². The lowest BCUT2D eigenvalue weighted by atomic mass is 9.94. The van der Waals surface area contributed by atoms with E-state index in [0.29, 0.717) is 4.58 Å². The molecule has 0 spiro atoms. The van der Waals surface area contributed by atoms with Crippen LogP contribution in [0.25, 0.3) is 0 Å². The molecule has 16 heavy (non-hydrogen) atoms. The van der Waals surface area contributed by atoms with Gasteiger partial charge >= 0.3 is 0 Å². The molecule has 1 rings (SSSR count). The molecule has 0 aromatic heterocycles. The van der Waals surface area contributed by atoms with E-state index < -0.39 is 0 Å². The number of hydrogen-bond donors (Lipinski definition) is 1. The van der Waals surface area contributed by atoms with Crippen molar-refractivity contribution >= 4 is 24.4 Å². The molecule has 1 aliphatic rings. The monoisotopic (exact) mass is 256 g/mol. The zero-order valence-corrected chi connectivity index (χ0v) is 12.4. The molecular weight excluding hydrogens is 232 g/mol. The van der Waals surface area contributed by atoms with E-state index in [0.717, 1.165) is 5.92 Å². The molecular formula is C14H24S2. The highest BCUT2D eigenvalue weighted by atomic mass is 32.2. The van der Waals surface area contributed by atoms with Crippen molar-refractivity contribution in [1.82, 2.24) is 0 Å². The van der Waals surface area contributed by atoms with Gasteiger partial charge in [-0.2, -0.15) is 12.6 Å². The third kappa shape index (κ3) is 5.01. The van der Waals surface area contributed by atoms with Crippen molar-refractivity contribution in [2.24, 2.45) is 5.92 Å². The van der Waals surface area contributed by atoms with E-state index in [-0.39, 0.29) is 0 Å². The summed E-state index contributed by atoms with van der Waals surface area (Å²) in [6.07, 6.45) is 11.0. The van der Waals surface area contributed by atoms with E-state index in [9.17, 15) is 0 Å². The van der Waals surface area contributed by atoms with Crippen LogP contribution in [0.5, 0.6) is 0 Å². The van der Waals surface area contributed by atoms with Gasteiger partial charge in [0.25, 0.3) is 0 Å². The lowest BCUT2D eigenvalue weighted by molar-refractivity contribution is 0.510. The maximum atomic E-state index is 4.47. The molecule has 0 N–H and O–H groups in total. The summed E-state index contributed by atoms with van der Waals surface area (Å²) in [7, 11) is 0. The van der Waals surface area contributed by atoms with Crippen LogP contribution in [-0.2, 0) is 0 Å². The number of thioether (sulfide) groups is 1. The van der Waals surface area contributed by atoms with E-state index in [1.165, 1.54) is 37.0 Å². The van der Waals surface area contributed by atoms with Crippen LogP contribution in [0.3, 0.4) is 0 Å². The average molecular weight is 256 g/mol. The quantitative estimate of drug-likeness (QED) is 0.488. The van der Waals surface area contributed by atoms with Crippen LogP contribution in [0, 0.1) is 5.92 Å². The highest BCUT2D eigenvalue weighted by Gasteiger charge is 2.11. The largest absolute Gasteiger partial charge is 0.165 e. The normalized spacial score (nSPS) is 20.0. The fourth-order valence-corrected chi connectivity index (χ4v) is 3.12. The second-order valence-electron chi connectivity index (χ2n) is 4.68. The molecule has 92 valence electrons. The number of rotatable bonds is 6. The fraction of sp³-hybridized carbons (Fsp3) is 0.714. The number of allylic oxidation sites excluding steroid dienone is 3. The molecule has 1 aliphatic carbocycles. The van der Waals surface area contributed by atoms with Crippen LogP contribution in [0.2, 0.25) is 0 Å². The van der Waals surface area contributed by atoms with Gasteiger partial charge in [0.2, 0.25) is 0 Å². The number of hydrogen-bond acceptors (Lipinski definition) is 2. The molecule has 2 atom stereocenters. The Morgan fingerprint density at radius 1 is 1.44 bits per heavy atom. The van der Waals surface area contributed by atoms with Gasteiger partial charge in [-0.1, -0.05) is 38.0 Å². The summed E-state index contributed by atoms with van der Waals surface area (Å²) in [6.45, 7) is 6.79.